The summed E-state index contributed by atoms with van der Waals surface area (Å²) in [6, 6.07) is 8.92. The van der Waals surface area contributed by atoms with Gasteiger partial charge in [-0.2, -0.15) is 0 Å². The number of rotatable bonds is 7. The van der Waals surface area contributed by atoms with Crippen molar-refractivity contribution in [3.05, 3.63) is 53.1 Å². The van der Waals surface area contributed by atoms with Crippen LogP contribution in [0.25, 0.3) is 0 Å². The van der Waals surface area contributed by atoms with E-state index >= 15 is 0 Å². The number of nitrogens with zero attached hydrogens (tertiary/aromatic N) is 2. The molecule has 3 rings (SSSR count). The van der Waals surface area contributed by atoms with Crippen molar-refractivity contribution < 1.29 is 32.2 Å². The van der Waals surface area contributed by atoms with Gasteiger partial charge in [0.2, 0.25) is 10.0 Å². The molecule has 0 unspecified atom stereocenters. The summed E-state index contributed by atoms with van der Waals surface area (Å²) in [4.78, 5) is 27.4. The normalized spacial score (nSPS) is 15.7. The van der Waals surface area contributed by atoms with Gasteiger partial charge in [0.05, 0.1) is 38.7 Å². The van der Waals surface area contributed by atoms with Crippen LogP contribution in [0.2, 0.25) is 0 Å². The van der Waals surface area contributed by atoms with Gasteiger partial charge in [0, 0.05) is 26.2 Å². The van der Waals surface area contributed by atoms with Crippen molar-refractivity contribution in [3.8, 4) is 11.5 Å². The van der Waals surface area contributed by atoms with Gasteiger partial charge < -0.3 is 19.1 Å². The Hall–Kier alpha value is -3.11. The molecule has 1 atom stereocenters. The van der Waals surface area contributed by atoms with E-state index in [-0.39, 0.29) is 22.8 Å². The molecule has 0 aromatic heterocycles. The molecule has 33 heavy (non-hydrogen) atoms. The first-order valence-electron chi connectivity index (χ1n) is 10.3. The van der Waals surface area contributed by atoms with Gasteiger partial charge in [0.1, 0.15) is 0 Å². The molecule has 2 aromatic rings. The van der Waals surface area contributed by atoms with E-state index in [1.165, 1.54) is 46.5 Å². The third-order valence-corrected chi connectivity index (χ3v) is 7.52. The first-order chi connectivity index (χ1) is 15.6. The van der Waals surface area contributed by atoms with E-state index in [9.17, 15) is 18.0 Å². The van der Waals surface area contributed by atoms with E-state index < -0.39 is 22.0 Å². The highest BCUT2D eigenvalue weighted by Gasteiger charge is 2.35. The van der Waals surface area contributed by atoms with Crippen LogP contribution in [0.5, 0.6) is 11.5 Å². The summed E-state index contributed by atoms with van der Waals surface area (Å²) in [5.41, 5.74) is 1.92. The van der Waals surface area contributed by atoms with E-state index in [1.807, 2.05) is 6.07 Å². The number of carbonyl (C=O) groups is 2. The predicted octanol–water partition coefficient (Wildman–Crippen LogP) is 2.26. The highest BCUT2D eigenvalue weighted by molar-refractivity contribution is 7.89. The van der Waals surface area contributed by atoms with E-state index in [0.29, 0.717) is 24.5 Å². The molecule has 1 aliphatic heterocycles. The average Bonchev–Trinajstić information content (AvgIpc) is 2.82. The van der Waals surface area contributed by atoms with Crippen LogP contribution in [-0.2, 0) is 26.0 Å². The van der Waals surface area contributed by atoms with Gasteiger partial charge in [-0.1, -0.05) is 6.07 Å². The zero-order valence-corrected chi connectivity index (χ0v) is 20.1. The molecule has 0 N–H and O–H groups in total. The Balaban J connectivity index is 2.05. The zero-order valence-electron chi connectivity index (χ0n) is 19.3. The Bertz CT molecular complexity index is 1160. The number of hydrogen-bond donors (Lipinski definition) is 0. The fraction of sp³-hybridized carbons (Fsp3) is 0.391. The molecule has 0 saturated carbocycles. The molecule has 178 valence electrons. The first kappa shape index (κ1) is 24.5. The van der Waals surface area contributed by atoms with E-state index in [4.69, 9.17) is 14.2 Å². The number of benzene rings is 2. The molecule has 1 amide bonds. The van der Waals surface area contributed by atoms with Crippen LogP contribution in [0.15, 0.2) is 41.3 Å². The van der Waals surface area contributed by atoms with Crippen LogP contribution >= 0.6 is 0 Å². The summed E-state index contributed by atoms with van der Waals surface area (Å²) in [7, 11) is 3.51. The Morgan fingerprint density at radius 3 is 2.33 bits per heavy atom. The molecule has 0 fully saturated rings. The Labute approximate surface area is 193 Å². The Kier molecular flexibility index (Phi) is 7.28. The lowest BCUT2D eigenvalue weighted by atomic mass is 9.89. The van der Waals surface area contributed by atoms with E-state index in [1.54, 1.807) is 24.1 Å². The van der Waals surface area contributed by atoms with Crippen LogP contribution in [0.3, 0.4) is 0 Å². The quantitative estimate of drug-likeness (QED) is 0.565. The van der Waals surface area contributed by atoms with Crippen molar-refractivity contribution in [2.75, 3.05) is 42.0 Å². The number of ether oxygens (including phenoxy) is 3. The van der Waals surface area contributed by atoms with Crippen LogP contribution in [0, 0.1) is 0 Å². The highest BCUT2D eigenvalue weighted by atomic mass is 32.2. The van der Waals surface area contributed by atoms with Gasteiger partial charge in [-0.15, -0.1) is 0 Å². The number of esters is 1. The minimum atomic E-state index is -3.71. The van der Waals surface area contributed by atoms with Crippen molar-refractivity contribution in [2.24, 2.45) is 0 Å². The van der Waals surface area contributed by atoms with Crippen LogP contribution in [0.1, 0.15) is 33.9 Å². The lowest BCUT2D eigenvalue weighted by Gasteiger charge is -2.37. The minimum Gasteiger partial charge on any atom is -0.493 e. The summed E-state index contributed by atoms with van der Waals surface area (Å²) >= 11 is 0. The number of methoxy groups -OCH3 is 3. The SMILES string of the molecule is COC(=O)C[C@@H]1c2cc(OC)c(OC)cc2CCN1C(=O)c1cccc(S(=O)(=O)N(C)C)c1. The predicted molar refractivity (Wildman–Crippen MR) is 121 cm³/mol. The summed E-state index contributed by atoms with van der Waals surface area (Å²) in [6.45, 7) is 0.341. The maximum absolute atomic E-state index is 13.5. The maximum Gasteiger partial charge on any atom is 0.307 e. The molecule has 0 bridgehead atoms. The molecule has 0 radical (unpaired) electrons. The Morgan fingerprint density at radius 2 is 1.73 bits per heavy atom. The van der Waals surface area contributed by atoms with E-state index in [0.717, 1.165) is 15.4 Å². The summed E-state index contributed by atoms with van der Waals surface area (Å²) in [6.07, 6.45) is 0.481. The minimum absolute atomic E-state index is 0.0201. The smallest absolute Gasteiger partial charge is 0.307 e. The molecular weight excluding hydrogens is 448 g/mol. The molecule has 2 aromatic carbocycles. The van der Waals surface area contributed by atoms with Gasteiger partial charge in [0.15, 0.2) is 11.5 Å². The largest absolute Gasteiger partial charge is 0.493 e. The van der Waals surface area contributed by atoms with Gasteiger partial charge in [-0.25, -0.2) is 12.7 Å². The van der Waals surface area contributed by atoms with Crippen molar-refractivity contribution in [1.82, 2.24) is 9.21 Å². The molecule has 1 aliphatic rings. The molecule has 1 heterocycles. The second-order valence-corrected chi connectivity index (χ2v) is 9.92. The third-order valence-electron chi connectivity index (χ3n) is 5.71. The second kappa shape index (κ2) is 9.80. The molecular formula is C23H28N2O7S. The molecule has 0 saturated heterocycles. The summed E-state index contributed by atoms with van der Waals surface area (Å²) < 4.78 is 41.9. The standard InChI is InChI=1S/C23H28N2O7S/c1-24(2)33(28,29)17-8-6-7-16(11-17)23(27)25-10-9-15-12-20(30-3)21(31-4)13-18(15)19(25)14-22(26)32-5/h6-8,11-13,19H,9-10,14H2,1-5H3/t19-/m1/s1. The topological polar surface area (TPSA) is 102 Å². The van der Waals surface area contributed by atoms with Crippen molar-refractivity contribution in [3.63, 3.8) is 0 Å². The molecule has 0 aliphatic carbocycles. The van der Waals surface area contributed by atoms with Gasteiger partial charge in [-0.05, 0) is 47.9 Å². The fourth-order valence-electron chi connectivity index (χ4n) is 3.90. The Morgan fingerprint density at radius 1 is 1.06 bits per heavy atom. The van der Waals surface area contributed by atoms with Gasteiger partial charge in [-0.3, -0.25) is 9.59 Å². The molecule has 9 nitrogen and oxygen atoms in total. The van der Waals surface area contributed by atoms with E-state index in [2.05, 4.69) is 0 Å². The summed E-state index contributed by atoms with van der Waals surface area (Å²) in [5.74, 6) is 0.207. The third kappa shape index (κ3) is 4.81. The number of amides is 1. The number of carbonyl (C=O) groups excluding carboxylic acids is 2. The monoisotopic (exact) mass is 476 g/mol. The zero-order chi connectivity index (χ0) is 24.3. The molecule has 0 spiro atoms. The highest BCUT2D eigenvalue weighted by Crippen LogP contribution is 2.40. The number of sulfonamides is 1. The van der Waals surface area contributed by atoms with Crippen LogP contribution in [0.4, 0.5) is 0 Å². The lowest BCUT2D eigenvalue weighted by Crippen LogP contribution is -2.41. The van der Waals surface area contributed by atoms with Crippen LogP contribution < -0.4 is 9.47 Å². The van der Waals surface area contributed by atoms with Gasteiger partial charge >= 0.3 is 5.97 Å². The van der Waals surface area contributed by atoms with Crippen molar-refractivity contribution in [1.29, 1.82) is 0 Å². The maximum atomic E-state index is 13.5. The molecule has 10 heteroatoms. The average molecular weight is 477 g/mol. The fourth-order valence-corrected chi connectivity index (χ4v) is 4.85. The second-order valence-electron chi connectivity index (χ2n) is 7.77. The first-order valence-corrected chi connectivity index (χ1v) is 11.7. The summed E-state index contributed by atoms with van der Waals surface area (Å²) in [5, 5.41) is 0. The van der Waals surface area contributed by atoms with Crippen LogP contribution in [-0.4, -0.2) is 71.5 Å². The van der Waals surface area contributed by atoms with Crippen molar-refractivity contribution >= 4 is 21.9 Å². The van der Waals surface area contributed by atoms with Crippen molar-refractivity contribution in [2.45, 2.75) is 23.8 Å². The lowest BCUT2D eigenvalue weighted by molar-refractivity contribution is -0.141. The number of fused-ring (bicyclic) bond motifs is 1. The van der Waals surface area contributed by atoms with Gasteiger partial charge in [0.25, 0.3) is 5.91 Å². The number of hydrogen-bond acceptors (Lipinski definition) is 7.